The number of thiazole rings is 1. The van der Waals surface area contributed by atoms with Crippen LogP contribution in [0.25, 0.3) is 0 Å². The molecule has 1 aromatic carbocycles. The van der Waals surface area contributed by atoms with Crippen LogP contribution in [0.5, 0.6) is 0 Å². The number of hydrogen-bond acceptors (Lipinski definition) is 5. The van der Waals surface area contributed by atoms with E-state index in [1.165, 1.54) is 11.3 Å². The molecule has 0 saturated carbocycles. The standard InChI is InChI=1S/C12H10F3N3O2S/c1-7-16-5-9(21-7)6-17-10-3-2-8(12(13,14)15)4-11(10)18(19)20/h2-5,17H,6H2,1H3. The van der Waals surface area contributed by atoms with E-state index < -0.39 is 22.4 Å². The van der Waals surface area contributed by atoms with Crippen LogP contribution in [0.1, 0.15) is 15.4 Å². The number of aromatic nitrogens is 1. The predicted octanol–water partition coefficient (Wildman–Crippen LogP) is 3.99. The average molecular weight is 317 g/mol. The summed E-state index contributed by atoms with van der Waals surface area (Å²) in [6.45, 7) is 2.08. The van der Waals surface area contributed by atoms with Crippen molar-refractivity contribution in [3.05, 3.63) is 50.0 Å². The molecule has 0 radical (unpaired) electrons. The number of benzene rings is 1. The van der Waals surface area contributed by atoms with E-state index in [0.29, 0.717) is 6.07 Å². The third kappa shape index (κ3) is 3.69. The van der Waals surface area contributed by atoms with Crippen molar-refractivity contribution in [1.29, 1.82) is 0 Å². The smallest absolute Gasteiger partial charge is 0.375 e. The minimum atomic E-state index is -4.61. The lowest BCUT2D eigenvalue weighted by atomic mass is 10.1. The fourth-order valence-corrected chi connectivity index (χ4v) is 2.41. The first kappa shape index (κ1) is 15.2. The minimum absolute atomic E-state index is 0.0408. The summed E-state index contributed by atoms with van der Waals surface area (Å²) in [6, 6.07) is 2.41. The second-order valence-electron chi connectivity index (χ2n) is 4.19. The SMILES string of the molecule is Cc1ncc(CNc2ccc(C(F)(F)F)cc2[N+](=O)[O-])s1. The summed E-state index contributed by atoms with van der Waals surface area (Å²) in [6.07, 6.45) is -3.00. The second-order valence-corrected chi connectivity index (χ2v) is 5.51. The second kappa shape index (κ2) is 5.68. The number of nitrogens with one attached hydrogen (secondary N) is 1. The molecule has 112 valence electrons. The first-order valence-corrected chi connectivity index (χ1v) is 6.60. The van der Waals surface area contributed by atoms with Crippen LogP contribution < -0.4 is 5.32 Å². The third-order valence-electron chi connectivity index (χ3n) is 2.64. The van der Waals surface area contributed by atoms with Gasteiger partial charge in [-0.2, -0.15) is 13.2 Å². The van der Waals surface area contributed by atoms with Gasteiger partial charge in [0.25, 0.3) is 5.69 Å². The normalized spacial score (nSPS) is 11.4. The summed E-state index contributed by atoms with van der Waals surface area (Å²) in [5, 5.41) is 14.5. The quantitative estimate of drug-likeness (QED) is 0.684. The van der Waals surface area contributed by atoms with Crippen LogP contribution >= 0.6 is 11.3 Å². The zero-order valence-electron chi connectivity index (χ0n) is 10.8. The summed E-state index contributed by atoms with van der Waals surface area (Å²) in [4.78, 5) is 14.9. The first-order chi connectivity index (χ1) is 9.77. The Kier molecular flexibility index (Phi) is 4.12. The molecular weight excluding hydrogens is 307 g/mol. The van der Waals surface area contributed by atoms with Gasteiger partial charge in [0.05, 0.1) is 22.0 Å². The van der Waals surface area contributed by atoms with Crippen molar-refractivity contribution in [1.82, 2.24) is 4.98 Å². The summed E-state index contributed by atoms with van der Waals surface area (Å²) < 4.78 is 37.7. The van der Waals surface area contributed by atoms with Gasteiger partial charge >= 0.3 is 6.18 Å². The first-order valence-electron chi connectivity index (χ1n) is 5.78. The van der Waals surface area contributed by atoms with E-state index >= 15 is 0 Å². The van der Waals surface area contributed by atoms with Crippen molar-refractivity contribution in [2.45, 2.75) is 19.6 Å². The number of hydrogen-bond donors (Lipinski definition) is 1. The van der Waals surface area contributed by atoms with E-state index in [-0.39, 0.29) is 12.2 Å². The van der Waals surface area contributed by atoms with E-state index in [0.717, 1.165) is 22.0 Å². The molecule has 0 aliphatic heterocycles. The van der Waals surface area contributed by atoms with Gasteiger partial charge in [-0.25, -0.2) is 4.98 Å². The van der Waals surface area contributed by atoms with Crippen molar-refractivity contribution in [2.75, 3.05) is 5.32 Å². The summed E-state index contributed by atoms with van der Waals surface area (Å²) in [5.74, 6) is 0. The summed E-state index contributed by atoms with van der Waals surface area (Å²) in [5.41, 5.74) is -1.61. The Morgan fingerprint density at radius 3 is 2.67 bits per heavy atom. The molecule has 0 atom stereocenters. The number of nitro benzene ring substituents is 1. The highest BCUT2D eigenvalue weighted by atomic mass is 32.1. The number of halogens is 3. The lowest BCUT2D eigenvalue weighted by molar-refractivity contribution is -0.384. The molecule has 0 amide bonds. The Bertz CT molecular complexity index is 670. The number of rotatable bonds is 4. The van der Waals surface area contributed by atoms with Gasteiger partial charge in [-0.15, -0.1) is 11.3 Å². The molecule has 1 N–H and O–H groups in total. The molecule has 0 aliphatic carbocycles. The molecule has 9 heteroatoms. The van der Waals surface area contributed by atoms with Gasteiger partial charge in [-0.3, -0.25) is 10.1 Å². The third-order valence-corrected chi connectivity index (χ3v) is 3.56. The molecular formula is C12H10F3N3O2S. The van der Waals surface area contributed by atoms with Crippen LogP contribution in [0, 0.1) is 17.0 Å². The van der Waals surface area contributed by atoms with Crippen molar-refractivity contribution in [3.8, 4) is 0 Å². The van der Waals surface area contributed by atoms with Crippen LogP contribution in [-0.2, 0) is 12.7 Å². The molecule has 0 bridgehead atoms. The van der Waals surface area contributed by atoms with Crippen LogP contribution in [0.4, 0.5) is 24.5 Å². The number of anilines is 1. The number of nitro groups is 1. The zero-order valence-corrected chi connectivity index (χ0v) is 11.6. The maximum Gasteiger partial charge on any atom is 0.416 e. The number of nitrogens with zero attached hydrogens (tertiary/aromatic N) is 2. The molecule has 0 spiro atoms. The van der Waals surface area contributed by atoms with E-state index in [9.17, 15) is 23.3 Å². The van der Waals surface area contributed by atoms with Crippen molar-refractivity contribution < 1.29 is 18.1 Å². The Morgan fingerprint density at radius 2 is 2.14 bits per heavy atom. The van der Waals surface area contributed by atoms with Gasteiger partial charge < -0.3 is 5.32 Å². The van der Waals surface area contributed by atoms with Crippen LogP contribution in [0.2, 0.25) is 0 Å². The highest BCUT2D eigenvalue weighted by molar-refractivity contribution is 7.11. The van der Waals surface area contributed by atoms with Gasteiger partial charge in [0.2, 0.25) is 0 Å². The van der Waals surface area contributed by atoms with Gasteiger partial charge in [-0.1, -0.05) is 0 Å². The maximum atomic E-state index is 12.6. The monoisotopic (exact) mass is 317 g/mol. The lowest BCUT2D eigenvalue weighted by Crippen LogP contribution is -2.07. The molecule has 2 aromatic rings. The fourth-order valence-electron chi connectivity index (χ4n) is 1.68. The molecule has 0 unspecified atom stereocenters. The molecule has 2 rings (SSSR count). The van der Waals surface area contributed by atoms with Gasteiger partial charge in [0.1, 0.15) is 5.69 Å². The highest BCUT2D eigenvalue weighted by Crippen LogP contribution is 2.35. The Labute approximate surface area is 121 Å². The van der Waals surface area contributed by atoms with Crippen molar-refractivity contribution in [2.24, 2.45) is 0 Å². The zero-order chi connectivity index (χ0) is 15.6. The van der Waals surface area contributed by atoms with E-state index in [1.807, 2.05) is 6.92 Å². The molecule has 21 heavy (non-hydrogen) atoms. The summed E-state index contributed by atoms with van der Waals surface area (Å²) >= 11 is 1.41. The van der Waals surface area contributed by atoms with Crippen molar-refractivity contribution >= 4 is 22.7 Å². The lowest BCUT2D eigenvalue weighted by Gasteiger charge is -2.09. The number of aryl methyl sites for hydroxylation is 1. The van der Waals surface area contributed by atoms with Gasteiger partial charge in [0.15, 0.2) is 0 Å². The van der Waals surface area contributed by atoms with Crippen LogP contribution in [-0.4, -0.2) is 9.91 Å². The Hall–Kier alpha value is -2.16. The Balaban J connectivity index is 2.24. The van der Waals surface area contributed by atoms with E-state index in [4.69, 9.17) is 0 Å². The number of alkyl halides is 3. The maximum absolute atomic E-state index is 12.6. The largest absolute Gasteiger partial charge is 0.416 e. The van der Waals surface area contributed by atoms with Crippen LogP contribution in [0.3, 0.4) is 0 Å². The van der Waals surface area contributed by atoms with E-state index in [2.05, 4.69) is 10.3 Å². The van der Waals surface area contributed by atoms with Gasteiger partial charge in [0, 0.05) is 17.1 Å². The predicted molar refractivity (Wildman–Crippen MR) is 72.3 cm³/mol. The van der Waals surface area contributed by atoms with Crippen molar-refractivity contribution in [3.63, 3.8) is 0 Å². The van der Waals surface area contributed by atoms with Crippen LogP contribution in [0.15, 0.2) is 24.4 Å². The highest BCUT2D eigenvalue weighted by Gasteiger charge is 2.33. The minimum Gasteiger partial charge on any atom is -0.375 e. The van der Waals surface area contributed by atoms with Gasteiger partial charge in [-0.05, 0) is 19.1 Å². The average Bonchev–Trinajstić information content (AvgIpc) is 2.80. The Morgan fingerprint density at radius 1 is 1.43 bits per heavy atom. The molecule has 0 fully saturated rings. The molecule has 0 aliphatic rings. The molecule has 0 saturated heterocycles. The fraction of sp³-hybridized carbons (Fsp3) is 0.250. The van der Waals surface area contributed by atoms with E-state index in [1.54, 1.807) is 6.20 Å². The molecule has 1 heterocycles. The topological polar surface area (TPSA) is 68.1 Å². The molecule has 1 aromatic heterocycles. The molecule has 5 nitrogen and oxygen atoms in total. The summed E-state index contributed by atoms with van der Waals surface area (Å²) in [7, 11) is 0.